The van der Waals surface area contributed by atoms with Gasteiger partial charge in [0.05, 0.1) is 18.0 Å². The zero-order valence-electron chi connectivity index (χ0n) is 15.2. The van der Waals surface area contributed by atoms with Crippen molar-refractivity contribution in [3.05, 3.63) is 29.8 Å². The molecule has 0 saturated carbocycles. The van der Waals surface area contributed by atoms with Gasteiger partial charge in [0.15, 0.2) is 6.10 Å². The molecule has 1 aromatic rings. The standard InChI is InChI=1S/C18H25N3O5S/c19-18(23)16-13-20(11-12-26-16)17(22)8-5-14-3-6-15(7-4-14)27(24,25)21-9-1-2-10-21/h3-4,6-7,16H,1-2,5,8-13H2,(H2,19,23). The summed E-state index contributed by atoms with van der Waals surface area (Å²) in [6, 6.07) is 6.71. The van der Waals surface area contributed by atoms with Crippen LogP contribution < -0.4 is 5.73 Å². The monoisotopic (exact) mass is 395 g/mol. The Hall–Kier alpha value is -1.97. The molecule has 1 unspecified atom stereocenters. The van der Waals surface area contributed by atoms with Crippen LogP contribution in [-0.2, 0) is 30.8 Å². The van der Waals surface area contributed by atoms with Crippen LogP contribution in [0.25, 0.3) is 0 Å². The van der Waals surface area contributed by atoms with E-state index in [-0.39, 0.29) is 23.8 Å². The van der Waals surface area contributed by atoms with Gasteiger partial charge in [-0.1, -0.05) is 12.1 Å². The van der Waals surface area contributed by atoms with Crippen molar-refractivity contribution < 1.29 is 22.7 Å². The average molecular weight is 395 g/mol. The van der Waals surface area contributed by atoms with Gasteiger partial charge >= 0.3 is 0 Å². The van der Waals surface area contributed by atoms with Crippen molar-refractivity contribution in [1.29, 1.82) is 0 Å². The zero-order chi connectivity index (χ0) is 19.4. The third kappa shape index (κ3) is 4.66. The van der Waals surface area contributed by atoms with E-state index >= 15 is 0 Å². The number of hydrogen-bond donors (Lipinski definition) is 1. The normalized spacial score (nSPS) is 21.3. The van der Waals surface area contributed by atoms with E-state index in [2.05, 4.69) is 0 Å². The van der Waals surface area contributed by atoms with E-state index in [4.69, 9.17) is 10.5 Å². The van der Waals surface area contributed by atoms with Gasteiger partial charge < -0.3 is 15.4 Å². The van der Waals surface area contributed by atoms with Crippen LogP contribution in [0.5, 0.6) is 0 Å². The number of nitrogens with two attached hydrogens (primary N) is 1. The topological polar surface area (TPSA) is 110 Å². The van der Waals surface area contributed by atoms with Gasteiger partial charge in [-0.2, -0.15) is 4.31 Å². The van der Waals surface area contributed by atoms with E-state index in [1.807, 2.05) is 0 Å². The number of primary amides is 1. The molecule has 2 N–H and O–H groups in total. The summed E-state index contributed by atoms with van der Waals surface area (Å²) < 4.78 is 31.8. The Balaban J connectivity index is 1.55. The molecule has 1 atom stereocenters. The summed E-state index contributed by atoms with van der Waals surface area (Å²) in [6.07, 6.45) is 1.83. The molecular weight excluding hydrogens is 370 g/mol. The average Bonchev–Trinajstić information content (AvgIpc) is 3.22. The van der Waals surface area contributed by atoms with Gasteiger partial charge in [-0.3, -0.25) is 9.59 Å². The lowest BCUT2D eigenvalue weighted by Gasteiger charge is -2.31. The summed E-state index contributed by atoms with van der Waals surface area (Å²) in [7, 11) is -3.42. The third-order valence-electron chi connectivity index (χ3n) is 4.99. The number of aryl methyl sites for hydroxylation is 1. The molecule has 27 heavy (non-hydrogen) atoms. The maximum Gasteiger partial charge on any atom is 0.248 e. The van der Waals surface area contributed by atoms with Crippen molar-refractivity contribution in [2.45, 2.75) is 36.7 Å². The van der Waals surface area contributed by atoms with Crippen LogP contribution >= 0.6 is 0 Å². The molecule has 0 aliphatic carbocycles. The summed E-state index contributed by atoms with van der Waals surface area (Å²) in [6.45, 7) is 2.06. The third-order valence-corrected chi connectivity index (χ3v) is 6.90. The number of carbonyl (C=O) groups excluding carboxylic acids is 2. The number of amides is 2. The van der Waals surface area contributed by atoms with Crippen LogP contribution in [0.3, 0.4) is 0 Å². The van der Waals surface area contributed by atoms with Gasteiger partial charge in [-0.15, -0.1) is 0 Å². The van der Waals surface area contributed by atoms with Gasteiger partial charge in [0, 0.05) is 26.1 Å². The fourth-order valence-electron chi connectivity index (χ4n) is 3.36. The number of morpholine rings is 1. The van der Waals surface area contributed by atoms with Gasteiger partial charge in [0.1, 0.15) is 0 Å². The lowest BCUT2D eigenvalue weighted by molar-refractivity contribution is -0.145. The van der Waals surface area contributed by atoms with Crippen LogP contribution in [0.15, 0.2) is 29.2 Å². The second kappa shape index (κ2) is 8.37. The van der Waals surface area contributed by atoms with Crippen molar-refractivity contribution in [3.8, 4) is 0 Å². The Kier molecular flexibility index (Phi) is 6.13. The number of sulfonamides is 1. The van der Waals surface area contributed by atoms with Gasteiger partial charge in [0.25, 0.3) is 0 Å². The number of nitrogens with zero attached hydrogens (tertiary/aromatic N) is 2. The molecule has 148 valence electrons. The highest BCUT2D eigenvalue weighted by molar-refractivity contribution is 7.89. The minimum atomic E-state index is -3.42. The molecule has 8 nitrogen and oxygen atoms in total. The Morgan fingerprint density at radius 1 is 1.11 bits per heavy atom. The van der Waals surface area contributed by atoms with Crippen LogP contribution in [0.1, 0.15) is 24.8 Å². The van der Waals surface area contributed by atoms with Crippen molar-refractivity contribution in [3.63, 3.8) is 0 Å². The highest BCUT2D eigenvalue weighted by Crippen LogP contribution is 2.21. The molecule has 2 fully saturated rings. The quantitative estimate of drug-likeness (QED) is 0.735. The SMILES string of the molecule is NC(=O)C1CN(C(=O)CCc2ccc(S(=O)(=O)N3CCCC3)cc2)CCO1. The predicted octanol–water partition coefficient (Wildman–Crippen LogP) is 0.116. The first kappa shape index (κ1) is 19.8. The molecular formula is C18H25N3O5S. The smallest absolute Gasteiger partial charge is 0.248 e. The number of rotatable bonds is 6. The van der Waals surface area contributed by atoms with Crippen LogP contribution in [0.2, 0.25) is 0 Å². The Morgan fingerprint density at radius 2 is 1.78 bits per heavy atom. The van der Waals surface area contributed by atoms with Crippen molar-refractivity contribution in [1.82, 2.24) is 9.21 Å². The van der Waals surface area contributed by atoms with Gasteiger partial charge in [-0.05, 0) is 37.0 Å². The summed E-state index contributed by atoms with van der Waals surface area (Å²) >= 11 is 0. The number of ether oxygens (including phenoxy) is 1. The molecule has 0 aromatic heterocycles. The maximum atomic E-state index is 12.5. The Morgan fingerprint density at radius 3 is 2.41 bits per heavy atom. The minimum absolute atomic E-state index is 0.0710. The molecule has 3 rings (SSSR count). The molecule has 2 aliphatic rings. The van der Waals surface area contributed by atoms with E-state index < -0.39 is 22.0 Å². The van der Waals surface area contributed by atoms with Crippen LogP contribution in [-0.4, -0.2) is 68.3 Å². The van der Waals surface area contributed by atoms with Crippen molar-refractivity contribution in [2.24, 2.45) is 5.73 Å². The molecule has 0 spiro atoms. The molecule has 9 heteroatoms. The minimum Gasteiger partial charge on any atom is -0.367 e. The lowest BCUT2D eigenvalue weighted by Crippen LogP contribution is -2.50. The van der Waals surface area contributed by atoms with E-state index in [1.54, 1.807) is 29.2 Å². The fraction of sp³-hybridized carbons (Fsp3) is 0.556. The second-order valence-electron chi connectivity index (χ2n) is 6.86. The van der Waals surface area contributed by atoms with Crippen molar-refractivity contribution in [2.75, 3.05) is 32.8 Å². The summed E-state index contributed by atoms with van der Waals surface area (Å²) in [5, 5.41) is 0. The molecule has 0 radical (unpaired) electrons. The molecule has 0 bridgehead atoms. The number of benzene rings is 1. The molecule has 2 aliphatic heterocycles. The van der Waals surface area contributed by atoms with Crippen molar-refractivity contribution >= 4 is 21.8 Å². The lowest BCUT2D eigenvalue weighted by atomic mass is 10.1. The van der Waals surface area contributed by atoms with E-state index in [1.165, 1.54) is 4.31 Å². The number of hydrogen-bond acceptors (Lipinski definition) is 5. The molecule has 2 saturated heterocycles. The Bertz CT molecular complexity index is 788. The van der Waals surface area contributed by atoms with Gasteiger partial charge in [-0.25, -0.2) is 8.42 Å². The van der Waals surface area contributed by atoms with Gasteiger partial charge in [0.2, 0.25) is 21.8 Å². The predicted molar refractivity (Wildman–Crippen MR) is 98.3 cm³/mol. The molecule has 2 heterocycles. The van der Waals surface area contributed by atoms with Crippen LogP contribution in [0.4, 0.5) is 0 Å². The fourth-order valence-corrected chi connectivity index (χ4v) is 4.88. The largest absolute Gasteiger partial charge is 0.367 e. The highest BCUT2D eigenvalue weighted by Gasteiger charge is 2.28. The molecule has 1 aromatic carbocycles. The van der Waals surface area contributed by atoms with E-state index in [0.717, 1.165) is 18.4 Å². The summed E-state index contributed by atoms with van der Waals surface area (Å²) in [4.78, 5) is 25.4. The highest BCUT2D eigenvalue weighted by atomic mass is 32.2. The van der Waals surface area contributed by atoms with Crippen LogP contribution in [0, 0.1) is 0 Å². The summed E-state index contributed by atoms with van der Waals surface area (Å²) in [5.41, 5.74) is 6.13. The first-order valence-electron chi connectivity index (χ1n) is 9.16. The first-order valence-corrected chi connectivity index (χ1v) is 10.6. The first-order chi connectivity index (χ1) is 12.9. The summed E-state index contributed by atoms with van der Waals surface area (Å²) in [5.74, 6) is -0.638. The molecule has 2 amide bonds. The Labute approximate surface area is 159 Å². The maximum absolute atomic E-state index is 12.5. The number of carbonyl (C=O) groups is 2. The second-order valence-corrected chi connectivity index (χ2v) is 8.79. The van der Waals surface area contributed by atoms with E-state index in [0.29, 0.717) is 32.7 Å². The zero-order valence-corrected chi connectivity index (χ0v) is 16.0. The van der Waals surface area contributed by atoms with E-state index in [9.17, 15) is 18.0 Å².